The van der Waals surface area contributed by atoms with Crippen molar-refractivity contribution < 1.29 is 14.7 Å². The number of nitrogens with zero attached hydrogens (tertiary/aromatic N) is 1. The van der Waals surface area contributed by atoms with Crippen molar-refractivity contribution in [1.29, 1.82) is 0 Å². The number of nitrogens with one attached hydrogen (secondary N) is 1. The summed E-state index contributed by atoms with van der Waals surface area (Å²) < 4.78 is 0. The average Bonchev–Trinajstić information content (AvgIpc) is 3.11. The summed E-state index contributed by atoms with van der Waals surface area (Å²) in [6.45, 7) is 0. The molecule has 0 saturated carbocycles. The fourth-order valence-electron chi connectivity index (χ4n) is 4.35. The Balaban J connectivity index is 1.57. The van der Waals surface area contributed by atoms with Gasteiger partial charge in [0.25, 0.3) is 5.91 Å². The second kappa shape index (κ2) is 7.12. The number of amides is 1. The van der Waals surface area contributed by atoms with Crippen LogP contribution < -0.4 is 5.32 Å². The van der Waals surface area contributed by atoms with Gasteiger partial charge in [-0.25, -0.2) is 4.79 Å². The third kappa shape index (κ3) is 2.83. The molecule has 5 rings (SSSR count). The minimum atomic E-state index is -1.10. The Bertz CT molecular complexity index is 1250. The van der Waals surface area contributed by atoms with Crippen molar-refractivity contribution >= 4 is 22.8 Å². The lowest BCUT2D eigenvalue weighted by Crippen LogP contribution is -2.45. The summed E-state index contributed by atoms with van der Waals surface area (Å²) in [5.41, 5.74) is 4.93. The number of carboxylic acids is 1. The van der Waals surface area contributed by atoms with Crippen LogP contribution in [0.1, 0.15) is 27.4 Å². The third-order valence-electron chi connectivity index (χ3n) is 5.66. The number of hydrogen-bond donors (Lipinski definition) is 2. The number of para-hydroxylation sites is 1. The molecular weight excluding hydrogens is 376 g/mol. The first-order valence-electron chi connectivity index (χ1n) is 9.71. The molecule has 0 bridgehead atoms. The van der Waals surface area contributed by atoms with Gasteiger partial charge in [0.1, 0.15) is 6.04 Å². The summed E-state index contributed by atoms with van der Waals surface area (Å²) in [4.78, 5) is 29.7. The van der Waals surface area contributed by atoms with E-state index >= 15 is 0 Å². The van der Waals surface area contributed by atoms with Crippen LogP contribution in [0.2, 0.25) is 0 Å². The standard InChI is InChI=1S/C25H18N2O3/c28-24(20-13-14-26-21-12-6-5-9-17(20)21)27-23(25(29)30)22-18-10-3-1-7-15(18)16-8-2-4-11-19(16)22/h1-14,22-23H,(H,27,28)(H,29,30)/t23-/m0/s1. The molecule has 30 heavy (non-hydrogen) atoms. The Morgan fingerprint density at radius 2 is 1.43 bits per heavy atom. The molecule has 0 radical (unpaired) electrons. The van der Waals surface area contributed by atoms with Gasteiger partial charge in [0.2, 0.25) is 0 Å². The maximum Gasteiger partial charge on any atom is 0.327 e. The van der Waals surface area contributed by atoms with Gasteiger partial charge < -0.3 is 10.4 Å². The van der Waals surface area contributed by atoms with Crippen LogP contribution >= 0.6 is 0 Å². The zero-order valence-corrected chi connectivity index (χ0v) is 15.9. The molecule has 1 aliphatic rings. The third-order valence-corrected chi connectivity index (χ3v) is 5.66. The van der Waals surface area contributed by atoms with E-state index in [4.69, 9.17) is 0 Å². The van der Waals surface area contributed by atoms with Crippen LogP contribution in [0.15, 0.2) is 85.1 Å². The first-order chi connectivity index (χ1) is 14.6. The van der Waals surface area contributed by atoms with E-state index in [0.29, 0.717) is 16.5 Å². The van der Waals surface area contributed by atoms with Crippen molar-refractivity contribution in [2.75, 3.05) is 0 Å². The van der Waals surface area contributed by atoms with E-state index in [1.54, 1.807) is 12.3 Å². The van der Waals surface area contributed by atoms with E-state index in [0.717, 1.165) is 22.3 Å². The number of hydrogen-bond acceptors (Lipinski definition) is 3. The quantitative estimate of drug-likeness (QED) is 0.543. The number of fused-ring (bicyclic) bond motifs is 4. The van der Waals surface area contributed by atoms with Crippen molar-refractivity contribution in [1.82, 2.24) is 10.3 Å². The van der Waals surface area contributed by atoms with Crippen LogP contribution in [0.25, 0.3) is 22.0 Å². The predicted molar refractivity (Wildman–Crippen MR) is 114 cm³/mol. The Kier molecular flexibility index (Phi) is 4.29. The monoisotopic (exact) mass is 394 g/mol. The van der Waals surface area contributed by atoms with Gasteiger partial charge in [0.15, 0.2) is 0 Å². The molecular formula is C25H18N2O3. The van der Waals surface area contributed by atoms with Gasteiger partial charge in [-0.1, -0.05) is 66.7 Å². The maximum absolute atomic E-state index is 13.2. The SMILES string of the molecule is O=C(N[C@H](C(=O)O)C1c2ccccc2-c2ccccc21)c1ccnc2ccccc12. The number of carbonyl (C=O) groups excluding carboxylic acids is 1. The molecule has 1 aromatic heterocycles. The van der Waals surface area contributed by atoms with E-state index in [1.165, 1.54) is 0 Å². The van der Waals surface area contributed by atoms with Crippen molar-refractivity contribution in [3.05, 3.63) is 102 Å². The molecule has 0 unspecified atom stereocenters. The number of pyridine rings is 1. The highest BCUT2D eigenvalue weighted by atomic mass is 16.4. The Labute approximate surface area is 173 Å². The highest BCUT2D eigenvalue weighted by molar-refractivity contribution is 6.07. The Morgan fingerprint density at radius 1 is 0.833 bits per heavy atom. The lowest BCUT2D eigenvalue weighted by Gasteiger charge is -2.23. The molecule has 146 valence electrons. The summed E-state index contributed by atoms with van der Waals surface area (Å²) in [5.74, 6) is -1.96. The number of carboxylic acid groups (broad SMARTS) is 1. The Morgan fingerprint density at radius 3 is 2.10 bits per heavy atom. The van der Waals surface area contributed by atoms with E-state index in [-0.39, 0.29) is 0 Å². The van der Waals surface area contributed by atoms with Gasteiger partial charge in [-0.3, -0.25) is 9.78 Å². The molecule has 5 heteroatoms. The smallest absolute Gasteiger partial charge is 0.327 e. The van der Waals surface area contributed by atoms with Gasteiger partial charge in [-0.05, 0) is 34.4 Å². The number of carbonyl (C=O) groups is 2. The van der Waals surface area contributed by atoms with Crippen molar-refractivity contribution in [2.45, 2.75) is 12.0 Å². The highest BCUT2D eigenvalue weighted by Crippen LogP contribution is 2.46. The molecule has 5 nitrogen and oxygen atoms in total. The molecule has 3 aromatic carbocycles. The van der Waals surface area contributed by atoms with Gasteiger partial charge in [0, 0.05) is 17.5 Å². The predicted octanol–water partition coefficient (Wildman–Crippen LogP) is 4.23. The van der Waals surface area contributed by atoms with E-state index in [1.807, 2.05) is 72.8 Å². The van der Waals surface area contributed by atoms with Gasteiger partial charge in [-0.15, -0.1) is 0 Å². The fraction of sp³-hybridized carbons (Fsp3) is 0.0800. The van der Waals surface area contributed by atoms with Gasteiger partial charge in [-0.2, -0.15) is 0 Å². The van der Waals surface area contributed by atoms with E-state index < -0.39 is 23.8 Å². The first-order valence-corrected chi connectivity index (χ1v) is 9.71. The molecule has 4 aromatic rings. The number of aromatic nitrogens is 1. The van der Waals surface area contributed by atoms with Crippen molar-refractivity contribution in [3.8, 4) is 11.1 Å². The van der Waals surface area contributed by atoms with E-state index in [9.17, 15) is 14.7 Å². The molecule has 1 atom stereocenters. The normalized spacial score (nSPS) is 13.5. The van der Waals surface area contributed by atoms with Crippen LogP contribution in [0.4, 0.5) is 0 Å². The summed E-state index contributed by atoms with van der Waals surface area (Å²) >= 11 is 0. The Hall–Kier alpha value is -3.99. The number of aliphatic carboxylic acids is 1. The number of rotatable bonds is 4. The largest absolute Gasteiger partial charge is 0.480 e. The van der Waals surface area contributed by atoms with E-state index in [2.05, 4.69) is 10.3 Å². The van der Waals surface area contributed by atoms with Crippen LogP contribution in [-0.4, -0.2) is 28.0 Å². The van der Waals surface area contributed by atoms with Crippen LogP contribution in [-0.2, 0) is 4.79 Å². The fourth-order valence-corrected chi connectivity index (χ4v) is 4.35. The highest BCUT2D eigenvalue weighted by Gasteiger charge is 2.39. The molecule has 2 N–H and O–H groups in total. The summed E-state index contributed by atoms with van der Waals surface area (Å²) in [6.07, 6.45) is 1.56. The second-order valence-electron chi connectivity index (χ2n) is 7.32. The zero-order valence-electron chi connectivity index (χ0n) is 15.9. The van der Waals surface area contributed by atoms with Crippen LogP contribution in [0, 0.1) is 0 Å². The molecule has 1 aliphatic carbocycles. The zero-order chi connectivity index (χ0) is 20.7. The first kappa shape index (κ1) is 18.1. The lowest BCUT2D eigenvalue weighted by molar-refractivity contribution is -0.139. The van der Waals surface area contributed by atoms with Crippen molar-refractivity contribution in [3.63, 3.8) is 0 Å². The topological polar surface area (TPSA) is 79.3 Å². The molecule has 0 aliphatic heterocycles. The maximum atomic E-state index is 13.2. The lowest BCUT2D eigenvalue weighted by atomic mass is 9.89. The molecule has 1 heterocycles. The summed E-state index contributed by atoms with van der Waals surface area (Å²) in [7, 11) is 0. The molecule has 0 spiro atoms. The van der Waals surface area contributed by atoms with Gasteiger partial charge >= 0.3 is 5.97 Å². The average molecular weight is 394 g/mol. The van der Waals surface area contributed by atoms with Crippen LogP contribution in [0.5, 0.6) is 0 Å². The van der Waals surface area contributed by atoms with Gasteiger partial charge in [0.05, 0.1) is 11.1 Å². The molecule has 0 fully saturated rings. The second-order valence-corrected chi connectivity index (χ2v) is 7.32. The summed E-state index contributed by atoms with van der Waals surface area (Å²) in [5, 5.41) is 13.5. The van der Waals surface area contributed by atoms with Crippen LogP contribution in [0.3, 0.4) is 0 Å². The minimum Gasteiger partial charge on any atom is -0.480 e. The molecule has 0 saturated heterocycles. The summed E-state index contributed by atoms with van der Waals surface area (Å²) in [6, 6.07) is 23.4. The minimum absolute atomic E-state index is 0.409. The molecule has 1 amide bonds. The number of benzene rings is 3. The van der Waals surface area contributed by atoms with Crippen molar-refractivity contribution in [2.24, 2.45) is 0 Å².